The lowest BCUT2D eigenvalue weighted by Crippen LogP contribution is -2.45. The van der Waals surface area contributed by atoms with E-state index in [0.717, 1.165) is 4.47 Å². The highest BCUT2D eigenvalue weighted by molar-refractivity contribution is 9.10. The second-order valence-electron chi connectivity index (χ2n) is 7.08. The molecule has 1 aromatic rings. The van der Waals surface area contributed by atoms with Crippen LogP contribution in [0, 0.1) is 0 Å². The van der Waals surface area contributed by atoms with Crippen LogP contribution in [0.3, 0.4) is 0 Å². The van der Waals surface area contributed by atoms with Crippen molar-refractivity contribution in [2.24, 2.45) is 0 Å². The Labute approximate surface area is 156 Å². The predicted molar refractivity (Wildman–Crippen MR) is 98.3 cm³/mol. The van der Waals surface area contributed by atoms with Gasteiger partial charge in [-0.05, 0) is 38.5 Å². The van der Waals surface area contributed by atoms with Crippen molar-refractivity contribution in [2.45, 2.75) is 50.0 Å². The van der Waals surface area contributed by atoms with E-state index in [4.69, 9.17) is 4.74 Å². The van der Waals surface area contributed by atoms with E-state index >= 15 is 0 Å². The summed E-state index contributed by atoms with van der Waals surface area (Å²) in [6, 6.07) is 7.03. The molecule has 0 unspecified atom stereocenters. The zero-order valence-corrected chi connectivity index (χ0v) is 17.0. The molecule has 1 N–H and O–H groups in total. The molecule has 1 fully saturated rings. The first-order valence-electron chi connectivity index (χ1n) is 7.91. The number of carbonyl (C=O) groups excluding carboxylic acids is 2. The minimum absolute atomic E-state index is 0.115. The van der Waals surface area contributed by atoms with Gasteiger partial charge in [0, 0.05) is 16.1 Å². The molecule has 0 spiro atoms. The number of alkyl carbamates (subject to hydrolysis) is 1. The summed E-state index contributed by atoms with van der Waals surface area (Å²) >= 11 is 3.32. The normalized spacial score (nSPS) is 26.0. The van der Waals surface area contributed by atoms with Crippen molar-refractivity contribution in [3.63, 3.8) is 0 Å². The summed E-state index contributed by atoms with van der Waals surface area (Å²) in [5, 5.41) is 1.50. The summed E-state index contributed by atoms with van der Waals surface area (Å²) in [7, 11) is -3.55. The molecule has 6 nitrogen and oxygen atoms in total. The average molecular weight is 432 g/mol. The second kappa shape index (κ2) is 6.72. The molecule has 0 radical (unpaired) electrons. The van der Waals surface area contributed by atoms with Crippen LogP contribution in [-0.4, -0.2) is 42.9 Å². The van der Waals surface area contributed by atoms with E-state index in [2.05, 4.69) is 21.2 Å². The van der Waals surface area contributed by atoms with Gasteiger partial charge >= 0.3 is 6.09 Å². The standard InChI is InChI=1S/C17H22BrNO5S/c1-5-25(22,23)14-13(11-6-8-12(18)9-7-11)17(14,10-20)19-15(21)24-16(2,3)4/h6-10,13-14H,5H2,1-4H3,(H,19,21)/t13-,14+,17+/m0/s1. The summed E-state index contributed by atoms with van der Waals surface area (Å²) in [6.07, 6.45) is -0.294. The SMILES string of the molecule is CCS(=O)(=O)[C@@H]1[C@H](c2ccc(Br)cc2)[C@@]1(C=O)NC(=O)OC(C)(C)C. The molecule has 0 aliphatic heterocycles. The van der Waals surface area contributed by atoms with E-state index in [0.29, 0.717) is 11.8 Å². The number of aldehydes is 1. The second-order valence-corrected chi connectivity index (χ2v) is 10.4. The van der Waals surface area contributed by atoms with Crippen LogP contribution in [-0.2, 0) is 19.4 Å². The number of sulfone groups is 1. The highest BCUT2D eigenvalue weighted by Gasteiger charge is 2.72. The maximum absolute atomic E-state index is 12.5. The Morgan fingerprint density at radius 1 is 1.32 bits per heavy atom. The fourth-order valence-electron chi connectivity index (χ4n) is 2.98. The summed E-state index contributed by atoms with van der Waals surface area (Å²) in [5.41, 5.74) is -1.59. The van der Waals surface area contributed by atoms with E-state index in [1.807, 2.05) is 0 Å². The van der Waals surface area contributed by atoms with Gasteiger partial charge in [-0.1, -0.05) is 35.0 Å². The van der Waals surface area contributed by atoms with Crippen molar-refractivity contribution in [3.05, 3.63) is 34.3 Å². The number of amides is 1. The van der Waals surface area contributed by atoms with Gasteiger partial charge in [-0.15, -0.1) is 0 Å². The number of halogens is 1. The van der Waals surface area contributed by atoms with Crippen molar-refractivity contribution >= 4 is 38.1 Å². The zero-order chi connectivity index (χ0) is 19.0. The topological polar surface area (TPSA) is 89.5 Å². The quantitative estimate of drug-likeness (QED) is 0.723. The molecule has 0 saturated heterocycles. The molecular formula is C17H22BrNO5S. The minimum Gasteiger partial charge on any atom is -0.444 e. The van der Waals surface area contributed by atoms with Crippen molar-refractivity contribution in [2.75, 3.05) is 5.75 Å². The van der Waals surface area contributed by atoms with Gasteiger partial charge in [0.1, 0.15) is 22.7 Å². The number of hydrogen-bond acceptors (Lipinski definition) is 5. The summed E-state index contributed by atoms with van der Waals surface area (Å²) < 4.78 is 31.0. The molecule has 0 aromatic heterocycles. The van der Waals surface area contributed by atoms with Crippen molar-refractivity contribution in [1.82, 2.24) is 5.32 Å². The molecule has 0 bridgehead atoms. The van der Waals surface area contributed by atoms with Gasteiger partial charge in [-0.3, -0.25) is 0 Å². The van der Waals surface area contributed by atoms with Crippen molar-refractivity contribution in [3.8, 4) is 0 Å². The Kier molecular flexibility index (Phi) is 5.35. The summed E-state index contributed by atoms with van der Waals surface area (Å²) in [6.45, 7) is 6.61. The monoisotopic (exact) mass is 431 g/mol. The molecule has 1 saturated carbocycles. The number of nitrogens with one attached hydrogen (secondary N) is 1. The van der Waals surface area contributed by atoms with Crippen LogP contribution in [0.4, 0.5) is 4.79 Å². The minimum atomic E-state index is -3.55. The van der Waals surface area contributed by atoms with Crippen molar-refractivity contribution in [1.29, 1.82) is 0 Å². The lowest BCUT2D eigenvalue weighted by atomic mass is 10.1. The molecule has 1 aliphatic carbocycles. The number of ether oxygens (including phenoxy) is 1. The maximum Gasteiger partial charge on any atom is 0.408 e. The molecule has 8 heteroatoms. The third-order valence-corrected chi connectivity index (χ3v) is 6.88. The van der Waals surface area contributed by atoms with E-state index in [9.17, 15) is 18.0 Å². The Hall–Kier alpha value is -1.41. The number of rotatable bonds is 5. The van der Waals surface area contributed by atoms with Crippen LogP contribution < -0.4 is 5.32 Å². The Balaban J connectivity index is 2.40. The van der Waals surface area contributed by atoms with Crippen LogP contribution in [0.15, 0.2) is 28.7 Å². The fourth-order valence-corrected chi connectivity index (χ4v) is 5.18. The van der Waals surface area contributed by atoms with Gasteiger partial charge in [0.15, 0.2) is 9.84 Å². The molecule has 1 aliphatic rings. The number of hydrogen-bond donors (Lipinski definition) is 1. The highest BCUT2D eigenvalue weighted by Crippen LogP contribution is 2.55. The lowest BCUT2D eigenvalue weighted by molar-refractivity contribution is -0.110. The van der Waals surface area contributed by atoms with Crippen molar-refractivity contribution < 1.29 is 22.7 Å². The smallest absolute Gasteiger partial charge is 0.408 e. The first kappa shape index (κ1) is 19.9. The van der Waals surface area contributed by atoms with Crippen LogP contribution in [0.1, 0.15) is 39.2 Å². The van der Waals surface area contributed by atoms with Crippen LogP contribution in [0.5, 0.6) is 0 Å². The van der Waals surface area contributed by atoms with Crippen LogP contribution >= 0.6 is 15.9 Å². The summed E-state index contributed by atoms with van der Waals surface area (Å²) in [4.78, 5) is 24.0. The highest BCUT2D eigenvalue weighted by atomic mass is 79.9. The van der Waals surface area contributed by atoms with Gasteiger partial charge in [0.2, 0.25) is 0 Å². The molecule has 0 heterocycles. The van der Waals surface area contributed by atoms with Gasteiger partial charge in [-0.2, -0.15) is 0 Å². The Bertz CT molecular complexity index is 769. The molecule has 3 atom stereocenters. The molecule has 2 rings (SSSR count). The lowest BCUT2D eigenvalue weighted by Gasteiger charge is -2.22. The molecule has 25 heavy (non-hydrogen) atoms. The largest absolute Gasteiger partial charge is 0.444 e. The van der Waals surface area contributed by atoms with Gasteiger partial charge in [-0.25, -0.2) is 13.2 Å². The first-order chi connectivity index (χ1) is 11.5. The van der Waals surface area contributed by atoms with E-state index in [1.165, 1.54) is 6.92 Å². The summed E-state index contributed by atoms with van der Waals surface area (Å²) in [5.74, 6) is -0.758. The number of benzene rings is 1. The predicted octanol–water partition coefficient (Wildman–Crippen LogP) is 2.81. The van der Waals surface area contributed by atoms with Gasteiger partial charge in [0.25, 0.3) is 0 Å². The third kappa shape index (κ3) is 4.06. The number of carbonyl (C=O) groups is 2. The third-order valence-electron chi connectivity index (χ3n) is 4.11. The molecule has 1 amide bonds. The molecule has 138 valence electrons. The van der Waals surface area contributed by atoms with Crippen LogP contribution in [0.25, 0.3) is 0 Å². The fraction of sp³-hybridized carbons (Fsp3) is 0.529. The van der Waals surface area contributed by atoms with E-state index < -0.39 is 38.2 Å². The van der Waals surface area contributed by atoms with E-state index in [-0.39, 0.29) is 5.75 Å². The molecular weight excluding hydrogens is 410 g/mol. The Morgan fingerprint density at radius 3 is 2.32 bits per heavy atom. The van der Waals surface area contributed by atoms with E-state index in [1.54, 1.807) is 45.0 Å². The average Bonchev–Trinajstić information content (AvgIpc) is 3.15. The van der Waals surface area contributed by atoms with Crippen LogP contribution in [0.2, 0.25) is 0 Å². The zero-order valence-electron chi connectivity index (χ0n) is 14.6. The van der Waals surface area contributed by atoms with Gasteiger partial charge in [0.05, 0.1) is 0 Å². The van der Waals surface area contributed by atoms with Gasteiger partial charge < -0.3 is 14.8 Å². The first-order valence-corrected chi connectivity index (χ1v) is 10.4. The maximum atomic E-state index is 12.5. The molecule has 1 aromatic carbocycles. The Morgan fingerprint density at radius 2 is 1.88 bits per heavy atom.